The molecule has 3 nitrogen and oxygen atoms in total. The summed E-state index contributed by atoms with van der Waals surface area (Å²) in [5, 5.41) is 0. The molecule has 0 atom stereocenters. The van der Waals surface area contributed by atoms with E-state index in [4.69, 9.17) is 4.74 Å². The Bertz CT molecular complexity index is 439. The van der Waals surface area contributed by atoms with Gasteiger partial charge in [-0.1, -0.05) is 47.6 Å². The molecular weight excluding hydrogens is 238 g/mol. The number of hydrogen-bond acceptors (Lipinski definition) is 3. The molecule has 0 aromatic carbocycles. The number of carbonyl (C=O) groups is 1. The summed E-state index contributed by atoms with van der Waals surface area (Å²) in [4.78, 5) is 16.4. The molecule has 0 saturated heterocycles. The van der Waals surface area contributed by atoms with Crippen LogP contribution in [0.25, 0.3) is 0 Å². The molecule has 1 rings (SSSR count). The Balaban J connectivity index is 2.70. The van der Waals surface area contributed by atoms with E-state index in [-0.39, 0.29) is 11.2 Å². The fourth-order valence-electron chi connectivity index (χ4n) is 1.47. The van der Waals surface area contributed by atoms with Crippen molar-refractivity contribution in [3.05, 3.63) is 23.9 Å². The van der Waals surface area contributed by atoms with Crippen molar-refractivity contribution in [2.75, 3.05) is 6.61 Å². The fraction of sp³-hybridized carbons (Fsp3) is 0.625. The minimum absolute atomic E-state index is 0.0359. The molecule has 0 amide bonds. The van der Waals surface area contributed by atoms with E-state index in [0.717, 1.165) is 6.42 Å². The average Bonchev–Trinajstić information content (AvgIpc) is 2.25. The van der Waals surface area contributed by atoms with Crippen molar-refractivity contribution >= 4 is 5.78 Å². The van der Waals surface area contributed by atoms with Gasteiger partial charge in [0.25, 0.3) is 0 Å². The average molecular weight is 263 g/mol. The first-order valence-electron chi connectivity index (χ1n) is 6.74. The highest BCUT2D eigenvalue weighted by Crippen LogP contribution is 2.22. The van der Waals surface area contributed by atoms with Crippen LogP contribution in [0.3, 0.4) is 0 Å². The number of nitrogens with zero attached hydrogens (tertiary/aromatic N) is 1. The highest BCUT2D eigenvalue weighted by Gasteiger charge is 2.24. The van der Waals surface area contributed by atoms with Crippen molar-refractivity contribution in [1.82, 2.24) is 4.98 Å². The maximum absolute atomic E-state index is 12.1. The maximum atomic E-state index is 12.1. The number of hydrogen-bond donors (Lipinski definition) is 0. The van der Waals surface area contributed by atoms with Crippen LogP contribution >= 0.6 is 0 Å². The van der Waals surface area contributed by atoms with E-state index in [1.807, 2.05) is 26.8 Å². The van der Waals surface area contributed by atoms with Crippen LogP contribution in [0.15, 0.2) is 18.2 Å². The smallest absolute Gasteiger partial charge is 0.213 e. The third-order valence-corrected chi connectivity index (χ3v) is 2.74. The Morgan fingerprint density at radius 1 is 1.16 bits per heavy atom. The molecule has 0 aliphatic heterocycles. The zero-order valence-electron chi connectivity index (χ0n) is 12.9. The second-order valence-corrected chi connectivity index (χ2v) is 7.10. The molecule has 0 fully saturated rings. The lowest BCUT2D eigenvalue weighted by Crippen LogP contribution is -2.21. The van der Waals surface area contributed by atoms with Crippen LogP contribution in [0.5, 0.6) is 5.88 Å². The lowest BCUT2D eigenvalue weighted by molar-refractivity contribution is 0.0851. The van der Waals surface area contributed by atoms with E-state index in [9.17, 15) is 4.79 Å². The van der Waals surface area contributed by atoms with Gasteiger partial charge in [0, 0.05) is 11.5 Å². The van der Waals surface area contributed by atoms with E-state index in [1.165, 1.54) is 0 Å². The number of ketones is 1. The molecule has 0 spiro atoms. The maximum Gasteiger partial charge on any atom is 0.213 e. The molecule has 0 saturated carbocycles. The lowest BCUT2D eigenvalue weighted by atomic mass is 9.89. The summed E-state index contributed by atoms with van der Waals surface area (Å²) < 4.78 is 5.62. The molecule has 106 valence electrons. The highest BCUT2D eigenvalue weighted by molar-refractivity contribution is 5.98. The normalized spacial score (nSPS) is 12.3. The van der Waals surface area contributed by atoms with Crippen LogP contribution in [0.2, 0.25) is 0 Å². The first-order valence-corrected chi connectivity index (χ1v) is 6.74. The number of aromatic nitrogens is 1. The largest absolute Gasteiger partial charge is 0.478 e. The van der Waals surface area contributed by atoms with Gasteiger partial charge in [-0.25, -0.2) is 4.98 Å². The highest BCUT2D eigenvalue weighted by atomic mass is 16.5. The second-order valence-electron chi connectivity index (χ2n) is 7.10. The lowest BCUT2D eigenvalue weighted by Gasteiger charge is -2.18. The van der Waals surface area contributed by atoms with Gasteiger partial charge >= 0.3 is 0 Å². The molecule has 1 aromatic heterocycles. The van der Waals surface area contributed by atoms with Crippen molar-refractivity contribution in [3.63, 3.8) is 0 Å². The molecule has 0 unspecified atom stereocenters. The second kappa shape index (κ2) is 5.72. The van der Waals surface area contributed by atoms with E-state index in [1.54, 1.807) is 12.1 Å². The molecule has 1 heterocycles. The third-order valence-electron chi connectivity index (χ3n) is 2.74. The summed E-state index contributed by atoms with van der Waals surface area (Å²) in [7, 11) is 0. The quantitative estimate of drug-likeness (QED) is 0.767. The summed E-state index contributed by atoms with van der Waals surface area (Å²) in [5.41, 5.74) is 0.288. The molecule has 0 N–H and O–H groups in total. The Hall–Kier alpha value is -1.38. The molecule has 19 heavy (non-hydrogen) atoms. The Morgan fingerprint density at radius 2 is 1.79 bits per heavy atom. The van der Waals surface area contributed by atoms with Gasteiger partial charge in [-0.15, -0.1) is 0 Å². The summed E-state index contributed by atoms with van der Waals surface area (Å²) in [6.45, 7) is 12.8. The number of carbonyl (C=O) groups excluding carboxylic acids is 1. The Labute approximate surface area is 116 Å². The Kier molecular flexibility index (Phi) is 4.72. The number of Topliss-reactive ketones (excluding diaryl/α,β-unsaturated/α-hetero) is 1. The SMILES string of the molecule is CC(C)(C)CCOc1cccc(C(=O)C(C)(C)C)n1. The van der Waals surface area contributed by atoms with Crippen LogP contribution in [-0.2, 0) is 0 Å². The van der Waals surface area contributed by atoms with Crippen LogP contribution in [-0.4, -0.2) is 17.4 Å². The van der Waals surface area contributed by atoms with Gasteiger partial charge < -0.3 is 4.74 Å². The third kappa shape index (κ3) is 5.41. The minimum Gasteiger partial charge on any atom is -0.478 e. The summed E-state index contributed by atoms with van der Waals surface area (Å²) in [6, 6.07) is 5.35. The van der Waals surface area contributed by atoms with E-state index < -0.39 is 5.41 Å². The first kappa shape index (κ1) is 15.7. The van der Waals surface area contributed by atoms with Gasteiger partial charge in [0.05, 0.1) is 6.61 Å². The molecule has 0 bridgehead atoms. The molecule has 0 aliphatic carbocycles. The van der Waals surface area contributed by atoms with Gasteiger partial charge in [-0.3, -0.25) is 4.79 Å². The van der Waals surface area contributed by atoms with Crippen molar-refractivity contribution in [1.29, 1.82) is 0 Å². The van der Waals surface area contributed by atoms with Gasteiger partial charge in [-0.05, 0) is 17.9 Å². The number of pyridine rings is 1. The molecule has 0 aliphatic rings. The topological polar surface area (TPSA) is 39.2 Å². The van der Waals surface area contributed by atoms with Gasteiger partial charge in [-0.2, -0.15) is 0 Å². The van der Waals surface area contributed by atoms with Crippen molar-refractivity contribution in [2.24, 2.45) is 10.8 Å². The van der Waals surface area contributed by atoms with Crippen molar-refractivity contribution in [2.45, 2.75) is 48.0 Å². The zero-order chi connectivity index (χ0) is 14.7. The van der Waals surface area contributed by atoms with Crippen molar-refractivity contribution < 1.29 is 9.53 Å². The summed E-state index contributed by atoms with van der Waals surface area (Å²) >= 11 is 0. The van der Waals surface area contributed by atoms with Gasteiger partial charge in [0.2, 0.25) is 5.88 Å². The van der Waals surface area contributed by atoms with E-state index in [0.29, 0.717) is 18.2 Å². The molecule has 3 heteroatoms. The molecular formula is C16H25NO2. The van der Waals surface area contributed by atoms with Crippen LogP contribution < -0.4 is 4.74 Å². The van der Waals surface area contributed by atoms with Crippen LogP contribution in [0, 0.1) is 10.8 Å². The summed E-state index contributed by atoms with van der Waals surface area (Å²) in [6.07, 6.45) is 0.951. The zero-order valence-corrected chi connectivity index (χ0v) is 12.9. The predicted octanol–water partition coefficient (Wildman–Crippen LogP) is 4.13. The summed E-state index contributed by atoms with van der Waals surface area (Å²) in [5.74, 6) is 0.563. The van der Waals surface area contributed by atoms with Gasteiger partial charge in [0.15, 0.2) is 5.78 Å². The molecule has 0 radical (unpaired) electrons. The minimum atomic E-state index is -0.420. The van der Waals surface area contributed by atoms with Gasteiger partial charge in [0.1, 0.15) is 5.69 Å². The van der Waals surface area contributed by atoms with Crippen LogP contribution in [0.1, 0.15) is 58.5 Å². The van der Waals surface area contributed by atoms with E-state index >= 15 is 0 Å². The standard InChI is InChI=1S/C16H25NO2/c1-15(2,3)10-11-19-13-9-7-8-12(17-13)14(18)16(4,5)6/h7-9H,10-11H2,1-6H3. The monoisotopic (exact) mass is 263 g/mol. The van der Waals surface area contributed by atoms with Crippen LogP contribution in [0.4, 0.5) is 0 Å². The molecule has 1 aromatic rings. The predicted molar refractivity (Wildman–Crippen MR) is 77.6 cm³/mol. The number of ether oxygens (including phenoxy) is 1. The van der Waals surface area contributed by atoms with E-state index in [2.05, 4.69) is 25.8 Å². The fourth-order valence-corrected chi connectivity index (χ4v) is 1.47. The first-order chi connectivity index (χ1) is 8.59. The Morgan fingerprint density at radius 3 is 2.32 bits per heavy atom. The number of rotatable bonds is 4. The van der Waals surface area contributed by atoms with Crippen molar-refractivity contribution in [3.8, 4) is 5.88 Å².